The van der Waals surface area contributed by atoms with Gasteiger partial charge in [-0.3, -0.25) is 0 Å². The normalized spacial score (nSPS) is 10.4. The van der Waals surface area contributed by atoms with Gasteiger partial charge in [-0.25, -0.2) is 0 Å². The molecule has 100 valence electrons. The summed E-state index contributed by atoms with van der Waals surface area (Å²) in [6.45, 7) is 1.65. The molecule has 7 heteroatoms. The molecule has 2 aromatic rings. The highest BCUT2D eigenvalue weighted by molar-refractivity contribution is 6.31. The first-order chi connectivity index (χ1) is 9.24. The molecule has 0 radical (unpaired) electrons. The van der Waals surface area contributed by atoms with Crippen molar-refractivity contribution in [2.24, 2.45) is 0 Å². The van der Waals surface area contributed by atoms with Crippen LogP contribution in [0, 0.1) is 0 Å². The van der Waals surface area contributed by atoms with Crippen LogP contribution in [0.2, 0.25) is 10.6 Å². The van der Waals surface area contributed by atoms with Gasteiger partial charge >= 0.3 is 0 Å². The van der Waals surface area contributed by atoms with Gasteiger partial charge < -0.3 is 10.1 Å². The summed E-state index contributed by atoms with van der Waals surface area (Å²) in [5, 5.41) is 3.08. The number of aromatic nitrogens is 3. The van der Waals surface area contributed by atoms with E-state index in [1.165, 1.54) is 0 Å². The van der Waals surface area contributed by atoms with Crippen LogP contribution in [-0.4, -0.2) is 28.1 Å². The van der Waals surface area contributed by atoms with E-state index in [0.717, 1.165) is 5.56 Å². The zero-order valence-corrected chi connectivity index (χ0v) is 11.5. The number of halogens is 2. The largest absolute Gasteiger partial charge is 0.375 e. The van der Waals surface area contributed by atoms with Crippen LogP contribution in [0.3, 0.4) is 0 Å². The van der Waals surface area contributed by atoms with Crippen molar-refractivity contribution in [3.8, 4) is 0 Å². The fourth-order valence-electron chi connectivity index (χ4n) is 1.40. The Hall–Kier alpha value is -1.43. The van der Waals surface area contributed by atoms with Gasteiger partial charge in [0.2, 0.25) is 16.5 Å². The minimum Gasteiger partial charge on any atom is -0.375 e. The molecule has 0 bridgehead atoms. The third-order valence-corrected chi connectivity index (χ3v) is 2.56. The van der Waals surface area contributed by atoms with Gasteiger partial charge in [-0.05, 0) is 28.8 Å². The van der Waals surface area contributed by atoms with Crippen molar-refractivity contribution in [2.45, 2.75) is 6.61 Å². The van der Waals surface area contributed by atoms with Crippen LogP contribution in [-0.2, 0) is 11.3 Å². The van der Waals surface area contributed by atoms with Crippen molar-refractivity contribution in [3.63, 3.8) is 0 Å². The highest BCUT2D eigenvalue weighted by Crippen LogP contribution is 2.09. The van der Waals surface area contributed by atoms with E-state index in [4.69, 9.17) is 27.9 Å². The molecule has 1 N–H and O–H groups in total. The third kappa shape index (κ3) is 4.98. The molecule has 2 rings (SSSR count). The van der Waals surface area contributed by atoms with Gasteiger partial charge in [-0.2, -0.15) is 15.0 Å². The Morgan fingerprint density at radius 2 is 1.68 bits per heavy atom. The summed E-state index contributed by atoms with van der Waals surface area (Å²) in [5.74, 6) is 0.341. The molecular weight excluding hydrogens is 287 g/mol. The zero-order chi connectivity index (χ0) is 13.5. The van der Waals surface area contributed by atoms with E-state index in [1.807, 2.05) is 30.3 Å². The number of hydrogen-bond donors (Lipinski definition) is 1. The molecule has 0 saturated carbocycles. The number of benzene rings is 1. The van der Waals surface area contributed by atoms with Crippen LogP contribution >= 0.6 is 23.2 Å². The van der Waals surface area contributed by atoms with Crippen molar-refractivity contribution in [1.29, 1.82) is 0 Å². The minimum atomic E-state index is 0.0627. The molecule has 0 aliphatic carbocycles. The summed E-state index contributed by atoms with van der Waals surface area (Å²) >= 11 is 11.3. The van der Waals surface area contributed by atoms with Crippen LogP contribution in [0.25, 0.3) is 0 Å². The van der Waals surface area contributed by atoms with Crippen LogP contribution in [0.4, 0.5) is 5.95 Å². The average Bonchev–Trinajstić information content (AvgIpc) is 2.38. The number of nitrogens with one attached hydrogen (secondary N) is 1. The first-order valence-corrected chi connectivity index (χ1v) is 6.42. The molecule has 5 nitrogen and oxygen atoms in total. The van der Waals surface area contributed by atoms with Gasteiger partial charge in [0.15, 0.2) is 0 Å². The van der Waals surface area contributed by atoms with Crippen molar-refractivity contribution in [1.82, 2.24) is 15.0 Å². The molecule has 1 aromatic heterocycles. The van der Waals surface area contributed by atoms with E-state index in [-0.39, 0.29) is 10.6 Å². The molecule has 1 heterocycles. The second-order valence-corrected chi connectivity index (χ2v) is 4.34. The summed E-state index contributed by atoms with van der Waals surface area (Å²) in [7, 11) is 0. The quantitative estimate of drug-likeness (QED) is 0.831. The predicted octanol–water partition coefficient (Wildman–Crippen LogP) is 2.81. The van der Waals surface area contributed by atoms with Crippen LogP contribution in [0.1, 0.15) is 5.56 Å². The van der Waals surface area contributed by atoms with E-state index >= 15 is 0 Å². The maximum absolute atomic E-state index is 5.65. The van der Waals surface area contributed by atoms with Crippen molar-refractivity contribution < 1.29 is 4.74 Å². The number of rotatable bonds is 6. The highest BCUT2D eigenvalue weighted by Gasteiger charge is 2.01. The lowest BCUT2D eigenvalue weighted by atomic mass is 10.2. The Kier molecular flexibility index (Phi) is 5.32. The maximum Gasteiger partial charge on any atom is 0.228 e. The summed E-state index contributed by atoms with van der Waals surface area (Å²) in [4.78, 5) is 11.4. The Labute approximate surface area is 121 Å². The van der Waals surface area contributed by atoms with Gasteiger partial charge in [0, 0.05) is 6.54 Å². The lowest BCUT2D eigenvalue weighted by molar-refractivity contribution is 0.130. The summed E-state index contributed by atoms with van der Waals surface area (Å²) in [6, 6.07) is 9.95. The van der Waals surface area contributed by atoms with Crippen LogP contribution in [0.15, 0.2) is 30.3 Å². The van der Waals surface area contributed by atoms with Crippen LogP contribution < -0.4 is 5.32 Å². The molecule has 0 atom stereocenters. The predicted molar refractivity (Wildman–Crippen MR) is 74.4 cm³/mol. The molecule has 0 amide bonds. The summed E-state index contributed by atoms with van der Waals surface area (Å²) in [5.41, 5.74) is 1.13. The number of hydrogen-bond acceptors (Lipinski definition) is 5. The lowest BCUT2D eigenvalue weighted by Gasteiger charge is -2.06. The van der Waals surface area contributed by atoms with Gasteiger partial charge in [0.25, 0.3) is 0 Å². The molecule has 0 aliphatic heterocycles. The number of ether oxygens (including phenoxy) is 1. The lowest BCUT2D eigenvalue weighted by Crippen LogP contribution is -2.12. The van der Waals surface area contributed by atoms with Gasteiger partial charge in [0.05, 0.1) is 13.2 Å². The van der Waals surface area contributed by atoms with E-state index in [2.05, 4.69) is 20.3 Å². The smallest absolute Gasteiger partial charge is 0.228 e. The van der Waals surface area contributed by atoms with Crippen molar-refractivity contribution in [2.75, 3.05) is 18.5 Å². The monoisotopic (exact) mass is 298 g/mol. The van der Waals surface area contributed by atoms with Crippen LogP contribution in [0.5, 0.6) is 0 Å². The molecular formula is C12H12Cl2N4O. The van der Waals surface area contributed by atoms with Crippen molar-refractivity contribution >= 4 is 29.2 Å². The first kappa shape index (κ1) is 14.0. The fraction of sp³-hybridized carbons (Fsp3) is 0.250. The van der Waals surface area contributed by atoms with E-state index in [9.17, 15) is 0 Å². The molecule has 19 heavy (non-hydrogen) atoms. The Morgan fingerprint density at radius 3 is 2.37 bits per heavy atom. The third-order valence-electron chi connectivity index (χ3n) is 2.22. The van der Waals surface area contributed by atoms with E-state index in [0.29, 0.717) is 25.7 Å². The Bertz CT molecular complexity index is 504. The maximum atomic E-state index is 5.65. The van der Waals surface area contributed by atoms with Crippen molar-refractivity contribution in [3.05, 3.63) is 46.5 Å². The summed E-state index contributed by atoms with van der Waals surface area (Å²) in [6.07, 6.45) is 0. The second-order valence-electron chi connectivity index (χ2n) is 3.66. The SMILES string of the molecule is Clc1nc(Cl)nc(NCCOCc2ccccc2)n1. The average molecular weight is 299 g/mol. The second kappa shape index (κ2) is 7.23. The molecule has 0 fully saturated rings. The minimum absolute atomic E-state index is 0.0627. The molecule has 0 saturated heterocycles. The molecule has 0 spiro atoms. The number of nitrogens with zero attached hydrogens (tertiary/aromatic N) is 3. The van der Waals surface area contributed by atoms with E-state index in [1.54, 1.807) is 0 Å². The Morgan fingerprint density at radius 1 is 1.00 bits per heavy atom. The number of anilines is 1. The molecule has 1 aromatic carbocycles. The topological polar surface area (TPSA) is 59.9 Å². The zero-order valence-electron chi connectivity index (χ0n) is 10.0. The first-order valence-electron chi connectivity index (χ1n) is 5.66. The standard InChI is InChI=1S/C12H12Cl2N4O/c13-10-16-11(14)18-12(17-10)15-6-7-19-8-9-4-2-1-3-5-9/h1-5H,6-8H2,(H,15,16,17,18). The molecule has 0 aliphatic rings. The van der Waals surface area contributed by atoms with Gasteiger partial charge in [0.1, 0.15) is 0 Å². The summed E-state index contributed by atoms with van der Waals surface area (Å²) < 4.78 is 5.50. The highest BCUT2D eigenvalue weighted by atomic mass is 35.5. The van der Waals surface area contributed by atoms with E-state index < -0.39 is 0 Å². The Balaban J connectivity index is 1.69. The molecule has 0 unspecified atom stereocenters. The van der Waals surface area contributed by atoms with Gasteiger partial charge in [-0.1, -0.05) is 30.3 Å². The fourth-order valence-corrected chi connectivity index (χ4v) is 1.77. The van der Waals surface area contributed by atoms with Gasteiger partial charge in [-0.15, -0.1) is 0 Å².